The summed E-state index contributed by atoms with van der Waals surface area (Å²) in [5, 5.41) is 2.84. The van der Waals surface area contributed by atoms with Crippen molar-refractivity contribution in [3.05, 3.63) is 29.3 Å². The van der Waals surface area contributed by atoms with E-state index >= 15 is 0 Å². The molecule has 0 saturated carbocycles. The highest BCUT2D eigenvalue weighted by molar-refractivity contribution is 7.92. The molecule has 0 fully saturated rings. The van der Waals surface area contributed by atoms with Gasteiger partial charge in [-0.2, -0.15) is 0 Å². The molecule has 124 valence electrons. The van der Waals surface area contributed by atoms with E-state index in [1.807, 2.05) is 33.8 Å². The highest BCUT2D eigenvalue weighted by Gasteiger charge is 2.23. The number of benzene rings is 1. The number of nitrogens with zero attached hydrogens (tertiary/aromatic N) is 1. The Hall–Kier alpha value is -1.56. The summed E-state index contributed by atoms with van der Waals surface area (Å²) in [4.78, 5) is 12.1. The molecule has 0 aliphatic rings. The first-order valence-corrected chi connectivity index (χ1v) is 9.35. The van der Waals surface area contributed by atoms with Gasteiger partial charge in [0.25, 0.3) is 0 Å². The number of hydrogen-bond donors (Lipinski definition) is 1. The van der Waals surface area contributed by atoms with Crippen LogP contribution in [0.25, 0.3) is 0 Å². The maximum Gasteiger partial charge on any atom is 0.240 e. The number of sulfonamides is 1. The molecule has 0 aliphatic carbocycles. The summed E-state index contributed by atoms with van der Waals surface area (Å²) in [6, 6.07) is 5.49. The van der Waals surface area contributed by atoms with Crippen LogP contribution in [0, 0.1) is 13.8 Å². The number of rotatable bonds is 7. The summed E-state index contributed by atoms with van der Waals surface area (Å²) in [7, 11) is -3.53. The van der Waals surface area contributed by atoms with Crippen molar-refractivity contribution in [1.29, 1.82) is 0 Å². The van der Waals surface area contributed by atoms with Crippen LogP contribution in [-0.4, -0.2) is 33.2 Å². The summed E-state index contributed by atoms with van der Waals surface area (Å²) < 4.78 is 25.3. The summed E-state index contributed by atoms with van der Waals surface area (Å²) in [6.45, 7) is 7.55. The first-order chi connectivity index (χ1) is 10.2. The Morgan fingerprint density at radius 2 is 1.95 bits per heavy atom. The fourth-order valence-electron chi connectivity index (χ4n) is 2.34. The van der Waals surface area contributed by atoms with E-state index in [4.69, 9.17) is 0 Å². The fourth-order valence-corrected chi connectivity index (χ4v) is 3.25. The van der Waals surface area contributed by atoms with Crippen molar-refractivity contribution < 1.29 is 13.2 Å². The van der Waals surface area contributed by atoms with Crippen molar-refractivity contribution in [3.8, 4) is 0 Å². The Balaban J connectivity index is 3.01. The Morgan fingerprint density at radius 1 is 1.32 bits per heavy atom. The largest absolute Gasteiger partial charge is 0.352 e. The van der Waals surface area contributed by atoms with E-state index in [2.05, 4.69) is 5.32 Å². The van der Waals surface area contributed by atoms with Gasteiger partial charge in [0.2, 0.25) is 15.9 Å². The number of carbonyl (C=O) groups excluding carboxylic acids is 1. The molecule has 22 heavy (non-hydrogen) atoms. The smallest absolute Gasteiger partial charge is 0.240 e. The highest BCUT2D eigenvalue weighted by atomic mass is 32.2. The molecule has 5 nitrogen and oxygen atoms in total. The van der Waals surface area contributed by atoms with Crippen molar-refractivity contribution >= 4 is 21.6 Å². The number of carbonyl (C=O) groups is 1. The van der Waals surface area contributed by atoms with E-state index < -0.39 is 10.0 Å². The normalized spacial score (nSPS) is 12.8. The van der Waals surface area contributed by atoms with Crippen molar-refractivity contribution in [2.75, 3.05) is 17.1 Å². The number of amides is 1. The van der Waals surface area contributed by atoms with E-state index in [1.165, 1.54) is 4.31 Å². The molecule has 0 radical (unpaired) electrons. The molecule has 6 heteroatoms. The Morgan fingerprint density at radius 3 is 2.50 bits per heavy atom. The molecule has 1 aromatic carbocycles. The van der Waals surface area contributed by atoms with Crippen LogP contribution in [0.1, 0.15) is 37.8 Å². The van der Waals surface area contributed by atoms with Crippen LogP contribution in [-0.2, 0) is 14.8 Å². The third-order valence-corrected chi connectivity index (χ3v) is 4.79. The zero-order valence-corrected chi connectivity index (χ0v) is 14.8. The van der Waals surface area contributed by atoms with E-state index in [9.17, 15) is 13.2 Å². The van der Waals surface area contributed by atoms with Crippen LogP contribution in [0.4, 0.5) is 5.69 Å². The molecule has 1 N–H and O–H groups in total. The number of aryl methyl sites for hydroxylation is 1. The van der Waals surface area contributed by atoms with Crippen LogP contribution in [0.5, 0.6) is 0 Å². The average Bonchev–Trinajstić information content (AvgIpc) is 2.38. The molecular formula is C16H26N2O3S. The van der Waals surface area contributed by atoms with Crippen LogP contribution in [0.2, 0.25) is 0 Å². The molecule has 0 unspecified atom stereocenters. The van der Waals surface area contributed by atoms with E-state index in [0.717, 1.165) is 30.2 Å². The lowest BCUT2D eigenvalue weighted by Gasteiger charge is -2.25. The van der Waals surface area contributed by atoms with Crippen LogP contribution < -0.4 is 9.62 Å². The first-order valence-electron chi connectivity index (χ1n) is 7.50. The molecule has 1 aromatic rings. The van der Waals surface area contributed by atoms with Gasteiger partial charge in [0.05, 0.1) is 11.9 Å². The van der Waals surface area contributed by atoms with Crippen LogP contribution >= 0.6 is 0 Å². The van der Waals surface area contributed by atoms with Gasteiger partial charge < -0.3 is 5.32 Å². The molecule has 0 heterocycles. The zero-order chi connectivity index (χ0) is 16.9. The number of nitrogens with one attached hydrogen (secondary N) is 1. The third-order valence-electron chi connectivity index (χ3n) is 3.66. The van der Waals surface area contributed by atoms with Gasteiger partial charge in [0.15, 0.2) is 0 Å². The molecule has 1 amide bonds. The molecule has 1 rings (SSSR count). The van der Waals surface area contributed by atoms with Gasteiger partial charge in [0.1, 0.15) is 6.54 Å². The molecule has 0 saturated heterocycles. The lowest BCUT2D eigenvalue weighted by atomic mass is 10.1. The number of hydrogen-bond acceptors (Lipinski definition) is 3. The first kappa shape index (κ1) is 18.5. The van der Waals surface area contributed by atoms with Crippen molar-refractivity contribution in [2.45, 2.75) is 46.6 Å². The summed E-state index contributed by atoms with van der Waals surface area (Å²) >= 11 is 0. The minimum absolute atomic E-state index is 0.0394. The van der Waals surface area contributed by atoms with Crippen molar-refractivity contribution in [1.82, 2.24) is 5.32 Å². The topological polar surface area (TPSA) is 66.5 Å². The summed E-state index contributed by atoms with van der Waals surface area (Å²) in [5.41, 5.74) is 2.41. The second kappa shape index (κ2) is 7.63. The number of anilines is 1. The van der Waals surface area contributed by atoms with Crippen molar-refractivity contribution in [2.24, 2.45) is 0 Å². The Bertz CT molecular complexity index is 626. The fraction of sp³-hybridized carbons (Fsp3) is 0.562. The Kier molecular flexibility index (Phi) is 6.41. The maximum atomic E-state index is 12.1. The summed E-state index contributed by atoms with van der Waals surface area (Å²) in [6.07, 6.45) is 2.96. The minimum Gasteiger partial charge on any atom is -0.352 e. The lowest BCUT2D eigenvalue weighted by molar-refractivity contribution is -0.120. The Labute approximate surface area is 133 Å². The molecule has 0 aliphatic heterocycles. The minimum atomic E-state index is -3.53. The zero-order valence-electron chi connectivity index (χ0n) is 14.0. The molecule has 1 atom stereocenters. The van der Waals surface area contributed by atoms with Gasteiger partial charge in [-0.15, -0.1) is 0 Å². The quantitative estimate of drug-likeness (QED) is 0.836. The monoisotopic (exact) mass is 326 g/mol. The highest BCUT2D eigenvalue weighted by Crippen LogP contribution is 2.24. The maximum absolute atomic E-state index is 12.1. The van der Waals surface area contributed by atoms with Gasteiger partial charge in [-0.3, -0.25) is 9.10 Å². The van der Waals surface area contributed by atoms with Crippen molar-refractivity contribution in [3.63, 3.8) is 0 Å². The predicted molar refractivity (Wildman–Crippen MR) is 90.6 cm³/mol. The van der Waals surface area contributed by atoms with Gasteiger partial charge >= 0.3 is 0 Å². The summed E-state index contributed by atoms with van der Waals surface area (Å²) in [5.74, 6) is -0.285. The second-order valence-electron chi connectivity index (χ2n) is 5.75. The molecule has 0 bridgehead atoms. The van der Waals surface area contributed by atoms with E-state index in [0.29, 0.717) is 5.69 Å². The third kappa shape index (κ3) is 5.02. The predicted octanol–water partition coefficient (Wildman–Crippen LogP) is 2.37. The SMILES string of the molecule is CCC[C@@H](C)NC(=O)CN(c1cccc(C)c1C)S(C)(=O)=O. The standard InChI is InChI=1S/C16H26N2O3S/c1-6-8-13(3)17-16(19)11-18(22(5,20)21)15-10-7-9-12(2)14(15)4/h7,9-10,13H,6,8,11H2,1-5H3,(H,17,19)/t13-/m1/s1. The average molecular weight is 326 g/mol. The second-order valence-corrected chi connectivity index (χ2v) is 7.65. The lowest BCUT2D eigenvalue weighted by Crippen LogP contribution is -2.43. The van der Waals surface area contributed by atoms with Crippen LogP contribution in [0.3, 0.4) is 0 Å². The molecule has 0 spiro atoms. The van der Waals surface area contributed by atoms with Crippen LogP contribution in [0.15, 0.2) is 18.2 Å². The van der Waals surface area contributed by atoms with Gasteiger partial charge in [-0.25, -0.2) is 8.42 Å². The van der Waals surface area contributed by atoms with Gasteiger partial charge in [-0.05, 0) is 44.4 Å². The van der Waals surface area contributed by atoms with E-state index in [-0.39, 0.29) is 18.5 Å². The van der Waals surface area contributed by atoms with Gasteiger partial charge in [-0.1, -0.05) is 25.5 Å². The van der Waals surface area contributed by atoms with Gasteiger partial charge in [0, 0.05) is 6.04 Å². The molecular weight excluding hydrogens is 300 g/mol. The molecule has 0 aromatic heterocycles. The van der Waals surface area contributed by atoms with E-state index in [1.54, 1.807) is 12.1 Å².